The van der Waals surface area contributed by atoms with E-state index in [1.807, 2.05) is 83.1 Å². The van der Waals surface area contributed by atoms with Crippen molar-refractivity contribution in [2.24, 2.45) is 0 Å². The van der Waals surface area contributed by atoms with E-state index in [2.05, 4.69) is 0 Å². The normalized spacial score (nSPS) is 13.0. The largest absolute Gasteiger partial charge is 2.00 e. The van der Waals surface area contributed by atoms with Crippen LogP contribution < -0.4 is 19.6 Å². The van der Waals surface area contributed by atoms with E-state index in [0.717, 1.165) is 0 Å². The van der Waals surface area contributed by atoms with Crippen LogP contribution in [0.4, 0.5) is 0 Å². The van der Waals surface area contributed by atoms with Crippen molar-refractivity contribution in [3.8, 4) is 11.5 Å². The van der Waals surface area contributed by atoms with Gasteiger partial charge in [0.1, 0.15) is 11.5 Å². The van der Waals surface area contributed by atoms with Crippen LogP contribution in [0.5, 0.6) is 11.5 Å². The first-order chi connectivity index (χ1) is 17.4. The van der Waals surface area contributed by atoms with Crippen molar-refractivity contribution in [3.05, 3.63) is 57.6 Å². The van der Waals surface area contributed by atoms with Crippen LogP contribution in [-0.2, 0) is 43.1 Å². The van der Waals surface area contributed by atoms with E-state index in [1.54, 1.807) is 24.3 Å². The molecule has 0 spiro atoms. The number of hydrogen-bond acceptors (Lipinski definition) is 8. The molecule has 0 aliphatic carbocycles. The third-order valence-corrected chi connectivity index (χ3v) is 7.83. The van der Waals surface area contributed by atoms with Gasteiger partial charge < -0.3 is 38.9 Å². The molecule has 0 saturated heterocycles. The molecule has 0 unspecified atom stereocenters. The molecule has 0 amide bonds. The summed E-state index contributed by atoms with van der Waals surface area (Å²) in [5, 5.41) is 20.9. The molecule has 228 valence electrons. The number of aromatic hydroxyl groups is 2. The summed E-state index contributed by atoms with van der Waals surface area (Å²) in [5.41, 5.74) is 2.16. The Kier molecular flexibility index (Phi) is 15.7. The predicted octanol–water partition coefficient (Wildman–Crippen LogP) is 4.04. The Morgan fingerprint density at radius 1 is 0.500 bits per heavy atom. The van der Waals surface area contributed by atoms with Gasteiger partial charge in [-0.15, -0.1) is 0 Å². The molecule has 0 fully saturated rings. The molecule has 0 atom stereocenters. The van der Waals surface area contributed by atoms with E-state index in [1.165, 1.54) is 0 Å². The van der Waals surface area contributed by atoms with Crippen molar-refractivity contribution in [2.75, 3.05) is 0 Å². The average Bonchev–Trinajstić information content (AvgIpc) is 2.65. The number of hydrogen-bond donors (Lipinski definition) is 2. The maximum absolute atomic E-state index is 11.0. The van der Waals surface area contributed by atoms with Gasteiger partial charge in [0.15, 0.2) is 0 Å². The van der Waals surface area contributed by atoms with E-state index in [4.69, 9.17) is 0 Å². The second-order valence-corrected chi connectivity index (χ2v) is 17.7. The second kappa shape index (κ2) is 15.0. The van der Waals surface area contributed by atoms with Crippen LogP contribution in [0.15, 0.2) is 24.3 Å². The molecule has 0 heterocycles. The van der Waals surface area contributed by atoms with Gasteiger partial charge in [-0.25, -0.2) is 0 Å². The molecular weight excluding hydrogens is 599 g/mol. The van der Waals surface area contributed by atoms with Crippen molar-refractivity contribution in [1.29, 1.82) is 0 Å². The van der Waals surface area contributed by atoms with Crippen molar-refractivity contribution >= 4 is 61.3 Å². The van der Waals surface area contributed by atoms with Crippen molar-refractivity contribution in [1.82, 2.24) is 0 Å². The summed E-state index contributed by atoms with van der Waals surface area (Å²) < 4.78 is 22.0. The quantitative estimate of drug-likeness (QED) is 0.371. The summed E-state index contributed by atoms with van der Waals surface area (Å²) in [6, 6.07) is 6.47. The van der Waals surface area contributed by atoms with Gasteiger partial charge in [0, 0.05) is 12.3 Å². The summed E-state index contributed by atoms with van der Waals surface area (Å²) >= 11 is 0. The minimum absolute atomic E-state index is 0. The summed E-state index contributed by atoms with van der Waals surface area (Å²) in [6.07, 6.45) is -1.06. The summed E-state index contributed by atoms with van der Waals surface area (Å²) in [6.45, 7) is 23.2. The Morgan fingerprint density at radius 3 is 0.786 bits per heavy atom. The first-order valence-electron chi connectivity index (χ1n) is 13.2. The second-order valence-electron chi connectivity index (χ2n) is 14.6. The Morgan fingerprint density at radius 2 is 0.667 bits per heavy atom. The zero-order chi connectivity index (χ0) is 31.9. The minimum Gasteiger partial charge on any atom is -0.810 e. The van der Waals surface area contributed by atoms with Crippen LogP contribution in [0, 0.1) is 0 Å². The molecule has 12 heteroatoms. The fourth-order valence-corrected chi connectivity index (χ4v) is 5.56. The minimum atomic E-state index is -4.63. The predicted molar refractivity (Wildman–Crippen MR) is 165 cm³/mol. The van der Waals surface area contributed by atoms with Gasteiger partial charge in [-0.2, -0.15) is 0 Å². The molecule has 2 N–H and O–H groups in total. The van der Waals surface area contributed by atoms with E-state index in [-0.39, 0.29) is 79.3 Å². The molecule has 0 radical (unpaired) electrons. The smallest absolute Gasteiger partial charge is 0.810 e. The number of phenolic OH excluding ortho intramolecular Hbond substituents is 2. The standard InChI is InChI=1S/2C15H25O4P.2Mg/c2*1-14(2,3)11-7-10(9-20(17,18)19)8-12(13(11)16)15(4,5)6;;/h2*7-8,16H,9H2,1-6H3,(H2,17,18,19);;/q;;2*+2/p-4. The van der Waals surface area contributed by atoms with Gasteiger partial charge >= 0.3 is 46.1 Å². The summed E-state index contributed by atoms with van der Waals surface area (Å²) in [4.78, 5) is 44.1. The van der Waals surface area contributed by atoms with Gasteiger partial charge in [-0.05, 0) is 55.0 Å². The Balaban J connectivity index is 0. The van der Waals surface area contributed by atoms with Gasteiger partial charge in [-0.3, -0.25) is 0 Å². The summed E-state index contributed by atoms with van der Waals surface area (Å²) in [7, 11) is -9.26. The molecular formula is C30H46Mg2O8P2. The topological polar surface area (TPSA) is 167 Å². The van der Waals surface area contributed by atoms with Crippen LogP contribution in [-0.4, -0.2) is 56.3 Å². The van der Waals surface area contributed by atoms with Crippen molar-refractivity contribution in [2.45, 2.75) is 117 Å². The average molecular weight is 645 g/mol. The zero-order valence-electron chi connectivity index (χ0n) is 27.4. The van der Waals surface area contributed by atoms with Crippen LogP contribution in [0.25, 0.3) is 0 Å². The molecule has 0 bridgehead atoms. The molecule has 2 aromatic carbocycles. The fourth-order valence-electron chi connectivity index (χ4n) is 4.31. The SMILES string of the molecule is CC(C)(C)c1cc(CP(=O)([O-])[O-])cc(C(C)(C)C)c1O.CC(C)(C)c1cc(CP(=O)([O-])[O-])cc(C(C)(C)C)c1O.[Mg+2].[Mg+2]. The van der Waals surface area contributed by atoms with Crippen molar-refractivity contribution < 1.29 is 38.9 Å². The number of rotatable bonds is 4. The van der Waals surface area contributed by atoms with Crippen LogP contribution in [0.3, 0.4) is 0 Å². The first-order valence-corrected chi connectivity index (χ1v) is 16.6. The molecule has 0 aliphatic rings. The molecule has 42 heavy (non-hydrogen) atoms. The number of benzene rings is 2. The van der Waals surface area contributed by atoms with Crippen LogP contribution in [0.1, 0.15) is 116 Å². The third-order valence-electron chi connectivity index (χ3n) is 6.32. The van der Waals surface area contributed by atoms with E-state index in [9.17, 15) is 38.9 Å². The molecule has 0 aliphatic heterocycles. The Bertz CT molecular complexity index is 1130. The maximum Gasteiger partial charge on any atom is 2.00 e. The fraction of sp³-hybridized carbons (Fsp3) is 0.600. The number of phenols is 2. The van der Waals surface area contributed by atoms with E-state index >= 15 is 0 Å². The molecule has 8 nitrogen and oxygen atoms in total. The maximum atomic E-state index is 11.0. The third kappa shape index (κ3) is 13.9. The molecule has 0 saturated carbocycles. The first kappa shape index (κ1) is 44.0. The Labute approximate surface area is 284 Å². The van der Waals surface area contributed by atoms with Crippen LogP contribution >= 0.6 is 15.2 Å². The van der Waals surface area contributed by atoms with Gasteiger partial charge in [0.05, 0.1) is 0 Å². The van der Waals surface area contributed by atoms with E-state index < -0.39 is 27.5 Å². The summed E-state index contributed by atoms with van der Waals surface area (Å²) in [5.74, 6) is 0.362. The van der Waals surface area contributed by atoms with E-state index in [0.29, 0.717) is 33.4 Å². The van der Waals surface area contributed by atoms with Gasteiger partial charge in [0.2, 0.25) is 0 Å². The molecule has 2 rings (SSSR count). The van der Waals surface area contributed by atoms with Crippen LogP contribution in [0.2, 0.25) is 0 Å². The zero-order valence-corrected chi connectivity index (χ0v) is 32.0. The molecule has 0 aromatic heterocycles. The molecule has 2 aromatic rings. The van der Waals surface area contributed by atoms with Crippen molar-refractivity contribution in [3.63, 3.8) is 0 Å². The Hall–Kier alpha value is -0.128. The van der Waals surface area contributed by atoms with Gasteiger partial charge in [0.25, 0.3) is 0 Å². The monoisotopic (exact) mass is 644 g/mol. The van der Waals surface area contributed by atoms with Gasteiger partial charge in [-0.1, -0.05) is 123 Å².